The number of hydrogen-bond donors (Lipinski definition) is 2. The van der Waals surface area contributed by atoms with E-state index in [2.05, 4.69) is 20.6 Å². The Kier molecular flexibility index (Phi) is 3.47. The molecule has 108 valence electrons. The standard InChI is InChI=1S/C14H12F2N4O/c15-10-4-3-9(7-11(10)16)18-13(21)12-5-6-17-14(20-12)19-8-1-2-8/h3-8H,1-2H2,(H,18,21)(H,17,19,20). The summed E-state index contributed by atoms with van der Waals surface area (Å²) in [6.45, 7) is 0. The highest BCUT2D eigenvalue weighted by Crippen LogP contribution is 2.22. The Balaban J connectivity index is 1.73. The zero-order valence-corrected chi connectivity index (χ0v) is 10.9. The molecule has 1 aliphatic rings. The second kappa shape index (κ2) is 5.43. The van der Waals surface area contributed by atoms with E-state index in [-0.39, 0.29) is 11.4 Å². The molecule has 7 heteroatoms. The zero-order chi connectivity index (χ0) is 14.8. The number of benzene rings is 1. The molecule has 1 amide bonds. The lowest BCUT2D eigenvalue weighted by Gasteiger charge is -2.07. The minimum Gasteiger partial charge on any atom is -0.351 e. The molecule has 0 radical (unpaired) electrons. The normalized spacial score (nSPS) is 13.8. The summed E-state index contributed by atoms with van der Waals surface area (Å²) in [6, 6.07) is 4.96. The Morgan fingerprint density at radius 3 is 2.71 bits per heavy atom. The number of aromatic nitrogens is 2. The van der Waals surface area contributed by atoms with E-state index in [0.717, 1.165) is 25.0 Å². The van der Waals surface area contributed by atoms with Gasteiger partial charge in [0.2, 0.25) is 5.95 Å². The lowest BCUT2D eigenvalue weighted by atomic mass is 10.3. The lowest BCUT2D eigenvalue weighted by Crippen LogP contribution is -2.16. The van der Waals surface area contributed by atoms with Gasteiger partial charge in [-0.1, -0.05) is 0 Å². The van der Waals surface area contributed by atoms with Gasteiger partial charge in [-0.25, -0.2) is 18.7 Å². The average molecular weight is 290 g/mol. The number of carbonyl (C=O) groups is 1. The average Bonchev–Trinajstić information content (AvgIpc) is 3.27. The maximum absolute atomic E-state index is 13.1. The molecule has 1 saturated carbocycles. The number of hydrogen-bond acceptors (Lipinski definition) is 4. The van der Waals surface area contributed by atoms with Gasteiger partial charge in [0.05, 0.1) is 0 Å². The molecule has 0 aliphatic heterocycles. The summed E-state index contributed by atoms with van der Waals surface area (Å²) in [5.74, 6) is -2.12. The predicted molar refractivity (Wildman–Crippen MR) is 73.0 cm³/mol. The lowest BCUT2D eigenvalue weighted by molar-refractivity contribution is 0.102. The number of amides is 1. The van der Waals surface area contributed by atoms with E-state index in [1.54, 1.807) is 0 Å². The van der Waals surface area contributed by atoms with Crippen LogP contribution in [0.1, 0.15) is 23.3 Å². The number of nitrogens with zero attached hydrogens (tertiary/aromatic N) is 2. The monoisotopic (exact) mass is 290 g/mol. The second-order valence-electron chi connectivity index (χ2n) is 4.77. The van der Waals surface area contributed by atoms with E-state index in [0.29, 0.717) is 12.0 Å². The van der Waals surface area contributed by atoms with Gasteiger partial charge in [-0.15, -0.1) is 0 Å². The Bertz CT molecular complexity index is 688. The molecule has 1 aromatic carbocycles. The maximum atomic E-state index is 13.1. The van der Waals surface area contributed by atoms with Gasteiger partial charge < -0.3 is 10.6 Å². The highest BCUT2D eigenvalue weighted by Gasteiger charge is 2.22. The fourth-order valence-electron chi connectivity index (χ4n) is 1.73. The Morgan fingerprint density at radius 1 is 1.19 bits per heavy atom. The summed E-state index contributed by atoms with van der Waals surface area (Å²) in [4.78, 5) is 20.1. The summed E-state index contributed by atoms with van der Waals surface area (Å²) >= 11 is 0. The van der Waals surface area contributed by atoms with Gasteiger partial charge in [0.1, 0.15) is 5.69 Å². The highest BCUT2D eigenvalue weighted by molar-refractivity contribution is 6.02. The summed E-state index contributed by atoms with van der Waals surface area (Å²) in [7, 11) is 0. The Hall–Kier alpha value is -2.57. The molecule has 1 aromatic heterocycles. The first-order chi connectivity index (χ1) is 10.1. The third-order valence-electron chi connectivity index (χ3n) is 2.98. The van der Waals surface area contributed by atoms with Crippen LogP contribution in [0.15, 0.2) is 30.5 Å². The molecule has 1 fully saturated rings. The van der Waals surface area contributed by atoms with Crippen molar-refractivity contribution in [2.75, 3.05) is 10.6 Å². The van der Waals surface area contributed by atoms with Crippen LogP contribution in [0.3, 0.4) is 0 Å². The largest absolute Gasteiger partial charge is 0.351 e. The van der Waals surface area contributed by atoms with Gasteiger partial charge in [0.25, 0.3) is 5.91 Å². The zero-order valence-electron chi connectivity index (χ0n) is 10.9. The van der Waals surface area contributed by atoms with Crippen LogP contribution in [0.25, 0.3) is 0 Å². The van der Waals surface area contributed by atoms with E-state index in [4.69, 9.17) is 0 Å². The first-order valence-corrected chi connectivity index (χ1v) is 6.48. The molecule has 1 aliphatic carbocycles. The van der Waals surface area contributed by atoms with Crippen LogP contribution in [-0.4, -0.2) is 21.9 Å². The second-order valence-corrected chi connectivity index (χ2v) is 4.77. The van der Waals surface area contributed by atoms with Gasteiger partial charge in [-0.2, -0.15) is 0 Å². The molecule has 0 atom stereocenters. The Labute approximate surface area is 119 Å². The van der Waals surface area contributed by atoms with Crippen LogP contribution in [0, 0.1) is 11.6 Å². The third-order valence-corrected chi connectivity index (χ3v) is 2.98. The molecule has 0 spiro atoms. The molecule has 0 saturated heterocycles. The molecular weight excluding hydrogens is 278 g/mol. The van der Waals surface area contributed by atoms with Crippen molar-refractivity contribution in [2.24, 2.45) is 0 Å². The van der Waals surface area contributed by atoms with Crippen molar-refractivity contribution >= 4 is 17.5 Å². The fourth-order valence-corrected chi connectivity index (χ4v) is 1.73. The van der Waals surface area contributed by atoms with Crippen molar-refractivity contribution in [1.82, 2.24) is 9.97 Å². The van der Waals surface area contributed by atoms with Gasteiger partial charge in [0, 0.05) is 24.0 Å². The van der Waals surface area contributed by atoms with E-state index in [1.807, 2.05) is 0 Å². The molecule has 0 unspecified atom stereocenters. The van der Waals surface area contributed by atoms with Crippen molar-refractivity contribution < 1.29 is 13.6 Å². The van der Waals surface area contributed by atoms with Crippen LogP contribution >= 0.6 is 0 Å². The van der Waals surface area contributed by atoms with Crippen LogP contribution in [0.2, 0.25) is 0 Å². The first-order valence-electron chi connectivity index (χ1n) is 6.48. The minimum absolute atomic E-state index is 0.151. The molecule has 1 heterocycles. The van der Waals surface area contributed by atoms with E-state index in [9.17, 15) is 13.6 Å². The minimum atomic E-state index is -1.02. The Morgan fingerprint density at radius 2 is 2.00 bits per heavy atom. The van der Waals surface area contributed by atoms with Gasteiger partial charge in [-0.3, -0.25) is 4.79 Å². The molecule has 21 heavy (non-hydrogen) atoms. The molecule has 5 nitrogen and oxygen atoms in total. The van der Waals surface area contributed by atoms with Gasteiger partial charge in [-0.05, 0) is 31.0 Å². The smallest absolute Gasteiger partial charge is 0.274 e. The van der Waals surface area contributed by atoms with E-state index >= 15 is 0 Å². The maximum Gasteiger partial charge on any atom is 0.274 e. The fraction of sp³-hybridized carbons (Fsp3) is 0.214. The SMILES string of the molecule is O=C(Nc1ccc(F)c(F)c1)c1ccnc(NC2CC2)n1. The molecule has 3 rings (SSSR count). The summed E-state index contributed by atoms with van der Waals surface area (Å²) in [5, 5.41) is 5.54. The number of carbonyl (C=O) groups excluding carboxylic acids is 1. The van der Waals surface area contributed by atoms with Crippen LogP contribution < -0.4 is 10.6 Å². The van der Waals surface area contributed by atoms with Crippen molar-refractivity contribution in [2.45, 2.75) is 18.9 Å². The number of anilines is 2. The van der Waals surface area contributed by atoms with Gasteiger partial charge in [0.15, 0.2) is 11.6 Å². The van der Waals surface area contributed by atoms with Crippen molar-refractivity contribution in [3.05, 3.63) is 47.8 Å². The van der Waals surface area contributed by atoms with Crippen LogP contribution in [0.5, 0.6) is 0 Å². The molecule has 2 aromatic rings. The summed E-state index contributed by atoms with van der Waals surface area (Å²) < 4.78 is 25.9. The number of nitrogens with one attached hydrogen (secondary N) is 2. The van der Waals surface area contributed by atoms with Crippen molar-refractivity contribution in [3.63, 3.8) is 0 Å². The summed E-state index contributed by atoms with van der Waals surface area (Å²) in [5.41, 5.74) is 0.312. The third kappa shape index (κ3) is 3.31. The van der Waals surface area contributed by atoms with E-state index < -0.39 is 17.5 Å². The molecular formula is C14H12F2N4O. The van der Waals surface area contributed by atoms with E-state index in [1.165, 1.54) is 18.3 Å². The van der Waals surface area contributed by atoms with Crippen LogP contribution in [-0.2, 0) is 0 Å². The first kappa shape index (κ1) is 13.4. The number of halogens is 2. The topological polar surface area (TPSA) is 66.9 Å². The van der Waals surface area contributed by atoms with Crippen LogP contribution in [0.4, 0.5) is 20.4 Å². The van der Waals surface area contributed by atoms with Crippen molar-refractivity contribution in [3.8, 4) is 0 Å². The number of rotatable bonds is 4. The molecule has 2 N–H and O–H groups in total. The quantitative estimate of drug-likeness (QED) is 0.908. The van der Waals surface area contributed by atoms with Crippen molar-refractivity contribution in [1.29, 1.82) is 0 Å². The predicted octanol–water partition coefficient (Wildman–Crippen LogP) is 2.58. The van der Waals surface area contributed by atoms with Gasteiger partial charge >= 0.3 is 0 Å². The highest BCUT2D eigenvalue weighted by atomic mass is 19.2. The summed E-state index contributed by atoms with van der Waals surface area (Å²) in [6.07, 6.45) is 3.60. The molecule has 0 bridgehead atoms.